The Morgan fingerprint density at radius 2 is 1.68 bits per heavy atom. The van der Waals surface area contributed by atoms with Gasteiger partial charge in [0.25, 0.3) is 5.56 Å². The molecule has 8 heteroatoms. The maximum Gasteiger partial charge on any atom is 0.335 e. The first-order valence-corrected chi connectivity index (χ1v) is 13.0. The number of hydrogen-bond acceptors (Lipinski definition) is 5. The van der Waals surface area contributed by atoms with Crippen LogP contribution in [0.4, 0.5) is 0 Å². The maximum absolute atomic E-state index is 13.8. The Hall–Kier alpha value is -4.49. The average molecular weight is 558 g/mol. The fourth-order valence-electron chi connectivity index (χ4n) is 4.69. The van der Waals surface area contributed by atoms with Crippen molar-refractivity contribution in [2.75, 3.05) is 7.11 Å². The van der Waals surface area contributed by atoms with Crippen molar-refractivity contribution in [2.45, 2.75) is 32.7 Å². The van der Waals surface area contributed by atoms with Gasteiger partial charge in [-0.15, -0.1) is 0 Å². The van der Waals surface area contributed by atoms with Crippen molar-refractivity contribution in [2.24, 2.45) is 0 Å². The number of aryl methyl sites for hydroxylation is 1. The minimum Gasteiger partial charge on any atom is -0.495 e. The molecule has 0 bridgehead atoms. The molecular weight excluding hydrogens is 530 g/mol. The molecule has 0 amide bonds. The lowest BCUT2D eigenvalue weighted by molar-refractivity contribution is -0.121. The summed E-state index contributed by atoms with van der Waals surface area (Å²) < 4.78 is 7.01. The predicted molar refractivity (Wildman–Crippen MR) is 154 cm³/mol. The number of carbonyl (C=O) groups excluding carboxylic acids is 2. The lowest BCUT2D eigenvalue weighted by Crippen LogP contribution is -2.32. The molecule has 3 aromatic carbocycles. The summed E-state index contributed by atoms with van der Waals surface area (Å²) in [4.78, 5) is 50.9. The van der Waals surface area contributed by atoms with Crippen LogP contribution in [0, 0.1) is 6.92 Å². The number of ether oxygens (including phenoxy) is 1. The highest BCUT2D eigenvalue weighted by molar-refractivity contribution is 6.31. The molecule has 204 valence electrons. The molecule has 1 N–H and O–H groups in total. The van der Waals surface area contributed by atoms with Crippen LogP contribution in [0.15, 0.2) is 83.8 Å². The molecule has 4 aromatic rings. The number of ketones is 2. The molecule has 1 aromatic heterocycles. The van der Waals surface area contributed by atoms with E-state index in [2.05, 4.69) is 0 Å². The lowest BCUT2D eigenvalue weighted by atomic mass is 9.94. The molecule has 1 atom stereocenters. The van der Waals surface area contributed by atoms with Crippen LogP contribution < -0.4 is 10.3 Å². The number of carbonyl (C=O) groups is 3. The van der Waals surface area contributed by atoms with Crippen molar-refractivity contribution < 1.29 is 24.2 Å². The summed E-state index contributed by atoms with van der Waals surface area (Å²) >= 11 is 6.23. The van der Waals surface area contributed by atoms with Gasteiger partial charge >= 0.3 is 5.97 Å². The molecule has 0 aliphatic heterocycles. The van der Waals surface area contributed by atoms with E-state index in [1.165, 1.54) is 43.0 Å². The van der Waals surface area contributed by atoms with Crippen LogP contribution >= 0.6 is 11.6 Å². The van der Waals surface area contributed by atoms with E-state index in [1.54, 1.807) is 30.3 Å². The Kier molecular flexibility index (Phi) is 8.65. The Bertz CT molecular complexity index is 1660. The fraction of sp³-hybridized carbons (Fsp3) is 0.188. The zero-order chi connectivity index (χ0) is 29.0. The van der Waals surface area contributed by atoms with Crippen molar-refractivity contribution in [3.05, 3.63) is 122 Å². The van der Waals surface area contributed by atoms with Crippen LogP contribution in [-0.2, 0) is 17.6 Å². The molecule has 7 nitrogen and oxygen atoms in total. The summed E-state index contributed by atoms with van der Waals surface area (Å²) in [5.41, 5.74) is 3.43. The second-order valence-corrected chi connectivity index (χ2v) is 9.98. The monoisotopic (exact) mass is 557 g/mol. The number of rotatable bonds is 10. The van der Waals surface area contributed by atoms with Gasteiger partial charge in [0, 0.05) is 35.1 Å². The number of Topliss-reactive ketones (excluding diaryl/α,β-unsaturated/α-hetero) is 2. The number of pyridine rings is 1. The van der Waals surface area contributed by atoms with E-state index >= 15 is 0 Å². The quantitative estimate of drug-likeness (QED) is 0.241. The summed E-state index contributed by atoms with van der Waals surface area (Å²) in [6.07, 6.45) is 1.75. The molecular formula is C32H28ClNO6. The maximum atomic E-state index is 13.8. The number of nitrogens with zero attached hydrogens (tertiary/aromatic N) is 1. The molecule has 0 saturated heterocycles. The Morgan fingerprint density at radius 3 is 2.30 bits per heavy atom. The highest BCUT2D eigenvalue weighted by Gasteiger charge is 2.25. The minimum absolute atomic E-state index is 0.00423. The van der Waals surface area contributed by atoms with Crippen molar-refractivity contribution in [1.29, 1.82) is 0 Å². The molecule has 0 spiro atoms. The van der Waals surface area contributed by atoms with Gasteiger partial charge in [0.05, 0.1) is 24.9 Å². The summed E-state index contributed by atoms with van der Waals surface area (Å²) in [5, 5.41) is 9.59. The van der Waals surface area contributed by atoms with Gasteiger partial charge in [0.1, 0.15) is 5.75 Å². The van der Waals surface area contributed by atoms with Gasteiger partial charge in [0.15, 0.2) is 11.6 Å². The fourth-order valence-corrected chi connectivity index (χ4v) is 4.86. The second kappa shape index (κ2) is 12.1. The van der Waals surface area contributed by atoms with Gasteiger partial charge < -0.3 is 14.4 Å². The van der Waals surface area contributed by atoms with Crippen LogP contribution in [-0.4, -0.2) is 34.3 Å². The van der Waals surface area contributed by atoms with Crippen molar-refractivity contribution >= 4 is 29.1 Å². The molecule has 0 aliphatic rings. The Morgan fingerprint density at radius 1 is 0.975 bits per heavy atom. The van der Waals surface area contributed by atoms with E-state index in [-0.39, 0.29) is 30.0 Å². The molecule has 0 fully saturated rings. The number of carboxylic acids is 1. The van der Waals surface area contributed by atoms with Crippen molar-refractivity contribution in [3.8, 4) is 16.9 Å². The van der Waals surface area contributed by atoms with Gasteiger partial charge in [-0.25, -0.2) is 4.79 Å². The average Bonchev–Trinajstić information content (AvgIpc) is 2.92. The molecule has 1 unspecified atom stereocenters. The van der Waals surface area contributed by atoms with Gasteiger partial charge in [-0.05, 0) is 66.4 Å². The van der Waals surface area contributed by atoms with Gasteiger partial charge in [-0.1, -0.05) is 48.0 Å². The number of carboxylic acid groups (broad SMARTS) is 1. The predicted octanol–water partition coefficient (Wildman–Crippen LogP) is 5.98. The van der Waals surface area contributed by atoms with Crippen LogP contribution in [0.2, 0.25) is 5.02 Å². The van der Waals surface area contributed by atoms with E-state index in [1.807, 2.05) is 31.2 Å². The molecule has 0 radical (unpaired) electrons. The summed E-state index contributed by atoms with van der Waals surface area (Å²) in [7, 11) is 1.45. The summed E-state index contributed by atoms with van der Waals surface area (Å²) in [6.45, 7) is 3.37. The summed E-state index contributed by atoms with van der Waals surface area (Å²) in [6, 6.07) is 19.0. The van der Waals surface area contributed by atoms with E-state index in [0.29, 0.717) is 33.0 Å². The van der Waals surface area contributed by atoms with E-state index in [9.17, 15) is 24.3 Å². The number of hydrogen-bond donors (Lipinski definition) is 1. The van der Waals surface area contributed by atoms with Crippen LogP contribution in [0.3, 0.4) is 0 Å². The van der Waals surface area contributed by atoms with Crippen molar-refractivity contribution in [3.63, 3.8) is 0 Å². The number of halogens is 1. The third-order valence-corrected chi connectivity index (χ3v) is 7.11. The van der Waals surface area contributed by atoms with E-state index < -0.39 is 17.6 Å². The first-order chi connectivity index (χ1) is 19.1. The zero-order valence-electron chi connectivity index (χ0n) is 22.3. The smallest absolute Gasteiger partial charge is 0.335 e. The SMILES string of the molecule is COc1cn(C(Cc2ccccc2C)C(=O)Cc2ccc(C(=O)O)cc2)c(=O)cc1-c1cc(Cl)ccc1C(C)=O. The largest absolute Gasteiger partial charge is 0.495 e. The second-order valence-electron chi connectivity index (χ2n) is 9.54. The third kappa shape index (κ3) is 6.21. The van der Waals surface area contributed by atoms with Crippen LogP contribution in [0.5, 0.6) is 5.75 Å². The first kappa shape index (κ1) is 28.5. The van der Waals surface area contributed by atoms with Crippen LogP contribution in [0.25, 0.3) is 11.1 Å². The molecule has 40 heavy (non-hydrogen) atoms. The Balaban J connectivity index is 1.81. The van der Waals surface area contributed by atoms with Gasteiger partial charge in [0.2, 0.25) is 0 Å². The number of benzene rings is 3. The third-order valence-electron chi connectivity index (χ3n) is 6.88. The molecule has 4 rings (SSSR count). The molecule has 0 aliphatic carbocycles. The van der Waals surface area contributed by atoms with E-state index in [4.69, 9.17) is 16.3 Å². The zero-order valence-corrected chi connectivity index (χ0v) is 23.1. The molecule has 1 heterocycles. The standard InChI is InChI=1S/C32H28ClNO6/c1-19-6-4-5-7-23(19)15-28(29(36)14-21-8-10-22(11-9-21)32(38)39)34-18-30(40-3)27(17-31(34)37)26-16-24(33)12-13-25(26)20(2)35/h4-13,16-18,28H,14-15H2,1-3H3,(H,38,39). The normalized spacial score (nSPS) is 11.6. The lowest BCUT2D eigenvalue weighted by Gasteiger charge is -2.22. The highest BCUT2D eigenvalue weighted by Crippen LogP contribution is 2.34. The highest BCUT2D eigenvalue weighted by atomic mass is 35.5. The Labute approximate surface area is 236 Å². The number of aromatic carboxylic acids is 1. The minimum atomic E-state index is -1.05. The topological polar surface area (TPSA) is 103 Å². The summed E-state index contributed by atoms with van der Waals surface area (Å²) in [5.74, 6) is -1.17. The van der Waals surface area contributed by atoms with E-state index in [0.717, 1.165) is 11.1 Å². The van der Waals surface area contributed by atoms with Crippen molar-refractivity contribution in [1.82, 2.24) is 4.57 Å². The van der Waals surface area contributed by atoms with Gasteiger partial charge in [-0.3, -0.25) is 14.4 Å². The van der Waals surface area contributed by atoms with Crippen LogP contribution in [0.1, 0.15) is 50.4 Å². The molecule has 0 saturated carbocycles. The number of aromatic nitrogens is 1. The van der Waals surface area contributed by atoms with Gasteiger partial charge in [-0.2, -0.15) is 0 Å². The first-order valence-electron chi connectivity index (χ1n) is 12.6. The number of methoxy groups -OCH3 is 1.